The van der Waals surface area contributed by atoms with Crippen molar-refractivity contribution in [3.63, 3.8) is 0 Å². The molecule has 1 N–H and O–H groups in total. The van der Waals surface area contributed by atoms with Gasteiger partial charge in [-0.3, -0.25) is 14.3 Å². The molecule has 1 aliphatic heterocycles. The summed E-state index contributed by atoms with van der Waals surface area (Å²) >= 11 is 0. The summed E-state index contributed by atoms with van der Waals surface area (Å²) in [7, 11) is 1.86. The van der Waals surface area contributed by atoms with Crippen LogP contribution in [-0.2, 0) is 16.5 Å². The van der Waals surface area contributed by atoms with Crippen molar-refractivity contribution >= 4 is 11.6 Å². The molecule has 9 heteroatoms. The van der Waals surface area contributed by atoms with Crippen molar-refractivity contribution < 1.29 is 18.8 Å². The molecule has 1 saturated carbocycles. The Morgan fingerprint density at radius 3 is 2.47 bits per heavy atom. The van der Waals surface area contributed by atoms with Gasteiger partial charge in [0, 0.05) is 12.6 Å². The minimum atomic E-state index is -0.699. The van der Waals surface area contributed by atoms with Gasteiger partial charge in [-0.25, -0.2) is 4.68 Å². The van der Waals surface area contributed by atoms with Gasteiger partial charge >= 0.3 is 0 Å². The van der Waals surface area contributed by atoms with Crippen LogP contribution in [0.4, 0.5) is 5.69 Å². The fourth-order valence-corrected chi connectivity index (χ4v) is 4.56. The smallest absolute Gasteiger partial charge is 0.291 e. The summed E-state index contributed by atoms with van der Waals surface area (Å²) in [5.74, 6) is -0.101. The van der Waals surface area contributed by atoms with E-state index in [-0.39, 0.29) is 34.5 Å². The molecule has 2 fully saturated rings. The van der Waals surface area contributed by atoms with Crippen LogP contribution in [0.25, 0.3) is 0 Å². The zero-order valence-corrected chi connectivity index (χ0v) is 19.9. The highest BCUT2D eigenvalue weighted by Gasteiger charge is 2.39. The fraction of sp³-hybridized carbons (Fsp3) is 0.696. The SMILES string of the molecule is Cc1c(C(=O)Nc2c(C)n(C)n(C3CCCCC3)c2=O)noc1[C@H]1OC[C@H](C(C)(C)C)O1. The van der Waals surface area contributed by atoms with Gasteiger partial charge in [0.25, 0.3) is 11.5 Å². The molecule has 0 unspecified atom stereocenters. The Bertz CT molecular complexity index is 1050. The molecule has 2 atom stereocenters. The number of nitrogens with one attached hydrogen (secondary N) is 1. The molecule has 0 bridgehead atoms. The van der Waals surface area contributed by atoms with Crippen molar-refractivity contribution in [1.82, 2.24) is 14.5 Å². The lowest BCUT2D eigenvalue weighted by Gasteiger charge is -2.24. The number of hydrogen-bond donors (Lipinski definition) is 1. The number of anilines is 1. The maximum Gasteiger partial charge on any atom is 0.291 e. The van der Waals surface area contributed by atoms with Crippen LogP contribution in [0.5, 0.6) is 0 Å². The van der Waals surface area contributed by atoms with Crippen molar-refractivity contribution in [1.29, 1.82) is 0 Å². The molecule has 2 aromatic heterocycles. The van der Waals surface area contributed by atoms with E-state index in [9.17, 15) is 9.59 Å². The van der Waals surface area contributed by atoms with Gasteiger partial charge < -0.3 is 19.3 Å². The van der Waals surface area contributed by atoms with Crippen LogP contribution in [0, 0.1) is 19.3 Å². The highest BCUT2D eigenvalue weighted by Crippen LogP contribution is 2.37. The quantitative estimate of drug-likeness (QED) is 0.762. The summed E-state index contributed by atoms with van der Waals surface area (Å²) in [5, 5.41) is 6.73. The molecule has 1 saturated heterocycles. The van der Waals surface area contributed by atoms with E-state index in [0.29, 0.717) is 23.6 Å². The first kappa shape index (κ1) is 22.8. The first-order valence-corrected chi connectivity index (χ1v) is 11.4. The van der Waals surface area contributed by atoms with Crippen LogP contribution < -0.4 is 10.9 Å². The maximum atomic E-state index is 13.1. The third-order valence-electron chi connectivity index (χ3n) is 6.79. The number of nitrogens with zero attached hydrogens (tertiary/aromatic N) is 3. The van der Waals surface area contributed by atoms with Crippen LogP contribution in [0.3, 0.4) is 0 Å². The van der Waals surface area contributed by atoms with E-state index in [1.165, 1.54) is 6.42 Å². The minimum Gasteiger partial charge on any atom is -0.355 e. The Morgan fingerprint density at radius 2 is 1.84 bits per heavy atom. The third-order valence-corrected chi connectivity index (χ3v) is 6.79. The van der Waals surface area contributed by atoms with Gasteiger partial charge in [-0.15, -0.1) is 0 Å². The molecule has 2 aliphatic rings. The molecule has 1 aliphatic carbocycles. The second-order valence-electron chi connectivity index (χ2n) is 10.1. The van der Waals surface area contributed by atoms with Crippen molar-refractivity contribution in [2.24, 2.45) is 12.5 Å². The van der Waals surface area contributed by atoms with Gasteiger partial charge in [-0.1, -0.05) is 45.2 Å². The number of rotatable bonds is 4. The van der Waals surface area contributed by atoms with Crippen LogP contribution >= 0.6 is 0 Å². The number of carbonyl (C=O) groups is 1. The lowest BCUT2D eigenvalue weighted by atomic mass is 9.90. The molecule has 32 heavy (non-hydrogen) atoms. The average molecular weight is 447 g/mol. The molecule has 0 radical (unpaired) electrons. The van der Waals surface area contributed by atoms with E-state index in [2.05, 4.69) is 31.2 Å². The summed E-state index contributed by atoms with van der Waals surface area (Å²) in [6.45, 7) is 10.3. The first-order valence-electron chi connectivity index (χ1n) is 11.4. The molecule has 1 amide bonds. The van der Waals surface area contributed by atoms with E-state index in [1.807, 2.05) is 18.7 Å². The van der Waals surface area contributed by atoms with Crippen LogP contribution in [0.2, 0.25) is 0 Å². The third kappa shape index (κ3) is 4.03. The van der Waals surface area contributed by atoms with Crippen LogP contribution in [0.1, 0.15) is 92.7 Å². The highest BCUT2D eigenvalue weighted by molar-refractivity contribution is 6.04. The van der Waals surface area contributed by atoms with Gasteiger partial charge in [0.15, 0.2) is 11.5 Å². The summed E-state index contributed by atoms with van der Waals surface area (Å²) < 4.78 is 20.8. The monoisotopic (exact) mass is 446 g/mol. The van der Waals surface area contributed by atoms with E-state index in [0.717, 1.165) is 25.7 Å². The zero-order valence-electron chi connectivity index (χ0n) is 19.9. The van der Waals surface area contributed by atoms with Crippen LogP contribution in [-0.4, -0.2) is 33.1 Å². The fourth-order valence-electron chi connectivity index (χ4n) is 4.56. The average Bonchev–Trinajstić information content (AvgIpc) is 3.43. The van der Waals surface area contributed by atoms with Gasteiger partial charge in [0.05, 0.1) is 24.4 Å². The van der Waals surface area contributed by atoms with Gasteiger partial charge in [0.2, 0.25) is 6.29 Å². The Morgan fingerprint density at radius 1 is 1.16 bits per heavy atom. The Kier molecular flexibility index (Phi) is 6.06. The topological polar surface area (TPSA) is 101 Å². The molecule has 0 spiro atoms. The summed E-state index contributed by atoms with van der Waals surface area (Å²) in [6, 6.07) is 0.165. The molecular formula is C23H34N4O5. The first-order chi connectivity index (χ1) is 15.1. The lowest BCUT2D eigenvalue weighted by Crippen LogP contribution is -2.29. The van der Waals surface area contributed by atoms with Gasteiger partial charge in [0.1, 0.15) is 5.69 Å². The predicted molar refractivity (Wildman–Crippen MR) is 119 cm³/mol. The maximum absolute atomic E-state index is 13.1. The number of ether oxygens (including phenoxy) is 2. The van der Waals surface area contributed by atoms with Crippen molar-refractivity contribution in [3.05, 3.63) is 33.1 Å². The summed E-state index contributed by atoms with van der Waals surface area (Å²) in [6.07, 6.45) is 4.61. The number of carbonyl (C=O) groups excluding carboxylic acids is 1. The Balaban J connectivity index is 1.54. The van der Waals surface area contributed by atoms with E-state index in [4.69, 9.17) is 14.0 Å². The summed E-state index contributed by atoms with van der Waals surface area (Å²) in [5.41, 5.74) is 1.41. The minimum absolute atomic E-state index is 0.0774. The largest absolute Gasteiger partial charge is 0.355 e. The Labute approximate surface area is 188 Å². The predicted octanol–water partition coefficient (Wildman–Crippen LogP) is 4.01. The van der Waals surface area contributed by atoms with Gasteiger partial charge in [-0.2, -0.15) is 0 Å². The molecule has 3 heterocycles. The standard InChI is InChI=1S/C23H34N4O5/c1-13-17(25-32-19(13)22-30-12-16(31-22)23(3,4)5)20(28)24-18-14(2)26(6)27(21(18)29)15-10-8-7-9-11-15/h15-16,22H,7-12H2,1-6H3,(H,24,28)/t16-,22+/m1/s1. The van der Waals surface area contributed by atoms with Gasteiger partial charge in [-0.05, 0) is 32.1 Å². The van der Waals surface area contributed by atoms with E-state index < -0.39 is 12.2 Å². The molecule has 4 rings (SSSR count). The highest BCUT2D eigenvalue weighted by atomic mass is 16.7. The molecule has 176 valence electrons. The number of hydrogen-bond acceptors (Lipinski definition) is 6. The molecule has 2 aromatic rings. The van der Waals surface area contributed by atoms with Crippen molar-refractivity contribution in [2.75, 3.05) is 11.9 Å². The Hall–Kier alpha value is -2.39. The normalized spacial score (nSPS) is 22.4. The number of amides is 1. The van der Waals surface area contributed by atoms with E-state index in [1.54, 1.807) is 11.6 Å². The van der Waals surface area contributed by atoms with Crippen molar-refractivity contribution in [3.8, 4) is 0 Å². The second kappa shape index (κ2) is 8.51. The zero-order chi connectivity index (χ0) is 23.2. The molecular weight excluding hydrogens is 412 g/mol. The second-order valence-corrected chi connectivity index (χ2v) is 10.1. The number of aromatic nitrogens is 3. The lowest BCUT2D eigenvalue weighted by molar-refractivity contribution is -0.0930. The van der Waals surface area contributed by atoms with Crippen molar-refractivity contribution in [2.45, 2.75) is 85.2 Å². The molecule has 9 nitrogen and oxygen atoms in total. The van der Waals surface area contributed by atoms with Crippen LogP contribution in [0.15, 0.2) is 9.32 Å². The molecule has 0 aromatic carbocycles. The van der Waals surface area contributed by atoms with E-state index >= 15 is 0 Å². The summed E-state index contributed by atoms with van der Waals surface area (Å²) in [4.78, 5) is 26.2.